The van der Waals surface area contributed by atoms with Gasteiger partial charge in [-0.1, -0.05) is 16.6 Å². The van der Waals surface area contributed by atoms with Gasteiger partial charge in [-0.3, -0.25) is 4.79 Å². The smallest absolute Gasteiger partial charge is 0.267 e. The molecule has 0 fully saturated rings. The topological polar surface area (TPSA) is 66.3 Å². The van der Waals surface area contributed by atoms with Crippen LogP contribution in [-0.4, -0.2) is 39.6 Å². The number of hydrogen-bond acceptors (Lipinski definition) is 5. The highest BCUT2D eigenvalue weighted by Gasteiger charge is 2.20. The molecule has 0 spiro atoms. The standard InChI is InChI=1S/C11H11N3O2S/c1-14(2)11(16)10-9(12-13-17-10)7-5-3-4-6-8(7)15/h3-6,15H,1-2H3. The summed E-state index contributed by atoms with van der Waals surface area (Å²) in [7, 11) is 3.33. The van der Waals surface area contributed by atoms with Crippen molar-refractivity contribution in [3.63, 3.8) is 0 Å². The molecule has 88 valence electrons. The number of carbonyl (C=O) groups excluding carboxylic acids is 1. The van der Waals surface area contributed by atoms with E-state index in [1.54, 1.807) is 38.4 Å². The van der Waals surface area contributed by atoms with Gasteiger partial charge in [0, 0.05) is 19.7 Å². The summed E-state index contributed by atoms with van der Waals surface area (Å²) in [6.45, 7) is 0. The number of rotatable bonds is 2. The fourth-order valence-electron chi connectivity index (χ4n) is 1.38. The molecule has 0 aliphatic carbocycles. The third-order valence-corrected chi connectivity index (χ3v) is 2.96. The van der Waals surface area contributed by atoms with Gasteiger partial charge in [0.15, 0.2) is 0 Å². The number of phenolic OH excluding ortho intramolecular Hbond substituents is 1. The molecule has 0 atom stereocenters. The predicted molar refractivity (Wildman–Crippen MR) is 65.0 cm³/mol. The summed E-state index contributed by atoms with van der Waals surface area (Å²) in [6, 6.07) is 6.75. The van der Waals surface area contributed by atoms with Gasteiger partial charge in [0.1, 0.15) is 16.3 Å². The number of para-hydroxylation sites is 1. The van der Waals surface area contributed by atoms with Crippen molar-refractivity contribution < 1.29 is 9.90 Å². The summed E-state index contributed by atoms with van der Waals surface area (Å²) in [6.07, 6.45) is 0. The molecule has 0 radical (unpaired) electrons. The Morgan fingerprint density at radius 3 is 2.71 bits per heavy atom. The van der Waals surface area contributed by atoms with Crippen LogP contribution in [0.1, 0.15) is 9.67 Å². The van der Waals surface area contributed by atoms with Crippen molar-refractivity contribution in [1.29, 1.82) is 0 Å². The highest BCUT2D eigenvalue weighted by molar-refractivity contribution is 7.08. The fourth-order valence-corrected chi connectivity index (χ4v) is 2.09. The molecule has 0 saturated heterocycles. The van der Waals surface area contributed by atoms with Gasteiger partial charge in [-0.05, 0) is 23.7 Å². The van der Waals surface area contributed by atoms with Crippen molar-refractivity contribution in [2.45, 2.75) is 0 Å². The van der Waals surface area contributed by atoms with E-state index in [0.717, 1.165) is 11.5 Å². The number of phenols is 1. The molecular weight excluding hydrogens is 238 g/mol. The molecule has 17 heavy (non-hydrogen) atoms. The van der Waals surface area contributed by atoms with Gasteiger partial charge in [0.05, 0.1) is 0 Å². The van der Waals surface area contributed by atoms with Crippen LogP contribution in [0.4, 0.5) is 0 Å². The molecule has 5 nitrogen and oxygen atoms in total. The van der Waals surface area contributed by atoms with E-state index in [0.29, 0.717) is 16.1 Å². The van der Waals surface area contributed by atoms with Crippen LogP contribution in [0.5, 0.6) is 5.75 Å². The number of carbonyl (C=O) groups is 1. The molecule has 1 aromatic heterocycles. The molecule has 0 saturated carbocycles. The van der Waals surface area contributed by atoms with Crippen LogP contribution in [0.25, 0.3) is 11.3 Å². The van der Waals surface area contributed by atoms with Crippen LogP contribution >= 0.6 is 11.5 Å². The first-order valence-corrected chi connectivity index (χ1v) is 5.71. The van der Waals surface area contributed by atoms with Gasteiger partial charge in [0.25, 0.3) is 5.91 Å². The number of aromatic nitrogens is 2. The lowest BCUT2D eigenvalue weighted by molar-refractivity contribution is 0.0832. The van der Waals surface area contributed by atoms with Crippen LogP contribution < -0.4 is 0 Å². The number of amides is 1. The molecule has 1 aromatic carbocycles. The highest BCUT2D eigenvalue weighted by Crippen LogP contribution is 2.31. The fraction of sp³-hybridized carbons (Fsp3) is 0.182. The summed E-state index contributed by atoms with van der Waals surface area (Å²) in [5.41, 5.74) is 0.943. The number of nitrogens with zero attached hydrogens (tertiary/aromatic N) is 3. The largest absolute Gasteiger partial charge is 0.507 e. The summed E-state index contributed by atoms with van der Waals surface area (Å²) in [5.74, 6) is -0.0775. The van der Waals surface area contributed by atoms with E-state index < -0.39 is 0 Å². The second kappa shape index (κ2) is 4.50. The highest BCUT2D eigenvalue weighted by atomic mass is 32.1. The molecule has 0 unspecified atom stereocenters. The van der Waals surface area contributed by atoms with Crippen molar-refractivity contribution in [2.24, 2.45) is 0 Å². The van der Waals surface area contributed by atoms with Gasteiger partial charge in [-0.15, -0.1) is 5.10 Å². The zero-order valence-corrected chi connectivity index (χ0v) is 10.2. The summed E-state index contributed by atoms with van der Waals surface area (Å²) < 4.78 is 3.78. The Labute approximate surface area is 102 Å². The van der Waals surface area contributed by atoms with Crippen LogP contribution in [0.2, 0.25) is 0 Å². The Bertz CT molecular complexity index is 551. The van der Waals surface area contributed by atoms with Crippen molar-refractivity contribution in [3.8, 4) is 17.0 Å². The van der Waals surface area contributed by atoms with E-state index in [-0.39, 0.29) is 11.7 Å². The van der Waals surface area contributed by atoms with Gasteiger partial charge >= 0.3 is 0 Å². The molecule has 0 aliphatic heterocycles. The first kappa shape index (κ1) is 11.5. The maximum absolute atomic E-state index is 11.9. The van der Waals surface area contributed by atoms with E-state index in [1.807, 2.05) is 0 Å². The van der Waals surface area contributed by atoms with Crippen LogP contribution in [-0.2, 0) is 0 Å². The lowest BCUT2D eigenvalue weighted by atomic mass is 10.1. The maximum atomic E-state index is 11.9. The molecule has 0 bridgehead atoms. The Morgan fingerprint density at radius 2 is 2.06 bits per heavy atom. The van der Waals surface area contributed by atoms with Crippen molar-refractivity contribution in [2.75, 3.05) is 14.1 Å². The van der Waals surface area contributed by atoms with Crippen molar-refractivity contribution in [1.82, 2.24) is 14.5 Å². The number of aromatic hydroxyl groups is 1. The summed E-state index contributed by atoms with van der Waals surface area (Å²) >= 11 is 1.03. The van der Waals surface area contributed by atoms with Gasteiger partial charge < -0.3 is 10.0 Å². The van der Waals surface area contributed by atoms with E-state index >= 15 is 0 Å². The van der Waals surface area contributed by atoms with Gasteiger partial charge in [-0.25, -0.2) is 0 Å². The molecule has 2 aromatic rings. The van der Waals surface area contributed by atoms with Crippen molar-refractivity contribution in [3.05, 3.63) is 29.1 Å². The number of benzene rings is 1. The molecule has 1 N–H and O–H groups in total. The Morgan fingerprint density at radius 1 is 1.35 bits per heavy atom. The Kier molecular flexibility index (Phi) is 3.06. The summed E-state index contributed by atoms with van der Waals surface area (Å²) in [4.78, 5) is 13.8. The van der Waals surface area contributed by atoms with Crippen LogP contribution in [0.15, 0.2) is 24.3 Å². The first-order valence-electron chi connectivity index (χ1n) is 4.93. The molecule has 1 amide bonds. The number of hydrogen-bond donors (Lipinski definition) is 1. The second-order valence-electron chi connectivity index (χ2n) is 3.67. The van der Waals surface area contributed by atoms with Crippen molar-refractivity contribution >= 4 is 17.4 Å². The van der Waals surface area contributed by atoms with E-state index in [9.17, 15) is 9.90 Å². The quantitative estimate of drug-likeness (QED) is 0.878. The molecule has 6 heteroatoms. The van der Waals surface area contributed by atoms with Crippen LogP contribution in [0, 0.1) is 0 Å². The average molecular weight is 249 g/mol. The second-order valence-corrected chi connectivity index (χ2v) is 4.42. The lowest BCUT2D eigenvalue weighted by Crippen LogP contribution is -2.21. The Balaban J connectivity index is 2.52. The molecule has 1 heterocycles. The molecular formula is C11H11N3O2S. The van der Waals surface area contributed by atoms with E-state index in [1.165, 1.54) is 4.90 Å². The predicted octanol–water partition coefficient (Wildman–Crippen LogP) is 1.61. The third-order valence-electron chi connectivity index (χ3n) is 2.25. The molecule has 0 aliphatic rings. The van der Waals surface area contributed by atoms with Gasteiger partial charge in [-0.2, -0.15) is 0 Å². The van der Waals surface area contributed by atoms with E-state index in [2.05, 4.69) is 9.59 Å². The minimum atomic E-state index is -0.168. The lowest BCUT2D eigenvalue weighted by Gasteiger charge is -2.09. The Hall–Kier alpha value is -1.95. The third kappa shape index (κ3) is 2.12. The zero-order chi connectivity index (χ0) is 12.4. The minimum Gasteiger partial charge on any atom is -0.507 e. The monoisotopic (exact) mass is 249 g/mol. The normalized spacial score (nSPS) is 10.2. The minimum absolute atomic E-state index is 0.0907. The van der Waals surface area contributed by atoms with E-state index in [4.69, 9.17) is 0 Å². The maximum Gasteiger partial charge on any atom is 0.267 e. The summed E-state index contributed by atoms with van der Waals surface area (Å²) in [5, 5.41) is 13.7. The average Bonchev–Trinajstić information content (AvgIpc) is 2.77. The van der Waals surface area contributed by atoms with Crippen LogP contribution in [0.3, 0.4) is 0 Å². The molecule has 2 rings (SSSR count). The first-order chi connectivity index (χ1) is 8.11. The zero-order valence-electron chi connectivity index (χ0n) is 9.41. The SMILES string of the molecule is CN(C)C(=O)c1snnc1-c1ccccc1O. The van der Waals surface area contributed by atoms with Gasteiger partial charge in [0.2, 0.25) is 0 Å².